The van der Waals surface area contributed by atoms with Gasteiger partial charge in [-0.15, -0.1) is 0 Å². The van der Waals surface area contributed by atoms with Crippen molar-refractivity contribution in [2.75, 3.05) is 6.61 Å². The molecule has 6 rings (SSSR count). The molecule has 1 unspecified atom stereocenters. The number of rotatable bonds is 14. The standard InChI is InChI=1S/C38H39NO8/c40-31-21-33(41)39(37(31)42)38-36(46-25-30-19-11-4-12-20-30)35(45-24-29-17-9-3-10-18-29)34(44-23-28-15-7-2-8-16-28)32(47-38)26-43-22-27-13-5-1-6-14-27/h1-20,31-32,34-36,38,40H,21-26H2/t31-,32+,34+,35-,36+,38?/m0/s1. The van der Waals surface area contributed by atoms with Crippen molar-refractivity contribution in [1.29, 1.82) is 0 Å². The highest BCUT2D eigenvalue weighted by atomic mass is 16.6. The Balaban J connectivity index is 1.35. The summed E-state index contributed by atoms with van der Waals surface area (Å²) in [4.78, 5) is 27.4. The van der Waals surface area contributed by atoms with E-state index in [0.29, 0.717) is 6.61 Å². The first-order valence-electron chi connectivity index (χ1n) is 15.8. The van der Waals surface area contributed by atoms with Gasteiger partial charge in [-0.3, -0.25) is 14.5 Å². The van der Waals surface area contributed by atoms with E-state index >= 15 is 0 Å². The van der Waals surface area contributed by atoms with Gasteiger partial charge in [-0.1, -0.05) is 121 Å². The molecule has 47 heavy (non-hydrogen) atoms. The number of nitrogens with zero attached hydrogens (tertiary/aromatic N) is 1. The van der Waals surface area contributed by atoms with Crippen LogP contribution in [-0.2, 0) is 59.7 Å². The monoisotopic (exact) mass is 637 g/mol. The molecule has 2 aliphatic heterocycles. The van der Waals surface area contributed by atoms with Crippen LogP contribution in [0, 0.1) is 0 Å². The molecule has 0 saturated carbocycles. The Morgan fingerprint density at radius 2 is 1.02 bits per heavy atom. The fourth-order valence-electron chi connectivity index (χ4n) is 5.87. The highest BCUT2D eigenvalue weighted by molar-refractivity contribution is 6.05. The van der Waals surface area contributed by atoms with Crippen LogP contribution in [0.15, 0.2) is 121 Å². The van der Waals surface area contributed by atoms with Crippen LogP contribution in [0.25, 0.3) is 0 Å². The number of carbonyl (C=O) groups is 2. The predicted octanol–water partition coefficient (Wildman–Crippen LogP) is 4.80. The Morgan fingerprint density at radius 3 is 1.47 bits per heavy atom. The van der Waals surface area contributed by atoms with E-state index in [-0.39, 0.29) is 32.8 Å². The molecule has 0 radical (unpaired) electrons. The van der Waals surface area contributed by atoms with Gasteiger partial charge >= 0.3 is 0 Å². The molecule has 0 aliphatic carbocycles. The number of benzene rings is 4. The van der Waals surface area contributed by atoms with Crippen LogP contribution in [0.1, 0.15) is 28.7 Å². The van der Waals surface area contributed by atoms with Crippen molar-refractivity contribution in [3.05, 3.63) is 144 Å². The minimum absolute atomic E-state index is 0.0836. The third-order valence-corrected chi connectivity index (χ3v) is 8.27. The number of aliphatic hydroxyl groups is 1. The summed E-state index contributed by atoms with van der Waals surface area (Å²) in [5.41, 5.74) is 3.76. The molecule has 9 heteroatoms. The van der Waals surface area contributed by atoms with Crippen molar-refractivity contribution in [2.45, 2.75) is 69.6 Å². The van der Waals surface area contributed by atoms with Gasteiger partial charge in [0.2, 0.25) is 5.91 Å². The molecule has 0 aromatic heterocycles. The van der Waals surface area contributed by atoms with Crippen molar-refractivity contribution >= 4 is 11.8 Å². The Morgan fingerprint density at radius 1 is 0.596 bits per heavy atom. The van der Waals surface area contributed by atoms with Crippen LogP contribution in [0.4, 0.5) is 0 Å². The van der Waals surface area contributed by atoms with E-state index in [9.17, 15) is 14.7 Å². The van der Waals surface area contributed by atoms with Crippen LogP contribution < -0.4 is 0 Å². The van der Waals surface area contributed by atoms with Gasteiger partial charge in [-0.2, -0.15) is 0 Å². The summed E-state index contributed by atoms with van der Waals surface area (Å²) in [6, 6.07) is 38.8. The van der Waals surface area contributed by atoms with E-state index in [1.54, 1.807) is 0 Å². The second kappa shape index (κ2) is 16.1. The number of imide groups is 1. The Kier molecular flexibility index (Phi) is 11.2. The topological polar surface area (TPSA) is 104 Å². The molecule has 6 atom stereocenters. The van der Waals surface area contributed by atoms with Crippen molar-refractivity contribution < 1.29 is 38.4 Å². The van der Waals surface area contributed by atoms with Gasteiger partial charge in [0, 0.05) is 0 Å². The lowest BCUT2D eigenvalue weighted by Crippen LogP contribution is -2.66. The van der Waals surface area contributed by atoms with Gasteiger partial charge < -0.3 is 28.8 Å². The first-order valence-corrected chi connectivity index (χ1v) is 15.8. The summed E-state index contributed by atoms with van der Waals surface area (Å²) in [5.74, 6) is -1.28. The molecule has 2 saturated heterocycles. The number of ether oxygens (including phenoxy) is 5. The first-order chi connectivity index (χ1) is 23.1. The number of hydrogen-bond donors (Lipinski definition) is 1. The molecule has 0 bridgehead atoms. The zero-order valence-electron chi connectivity index (χ0n) is 26.0. The first kappa shape index (κ1) is 32.7. The van der Waals surface area contributed by atoms with Crippen LogP contribution in [0.3, 0.4) is 0 Å². The van der Waals surface area contributed by atoms with Gasteiger partial charge in [-0.05, 0) is 22.3 Å². The smallest absolute Gasteiger partial charge is 0.260 e. The second-order valence-electron chi connectivity index (χ2n) is 11.7. The molecule has 4 aromatic rings. The highest BCUT2D eigenvalue weighted by Gasteiger charge is 2.55. The molecular formula is C38H39NO8. The molecule has 1 N–H and O–H groups in total. The van der Waals surface area contributed by atoms with Crippen LogP contribution in [0.2, 0.25) is 0 Å². The number of amides is 2. The average Bonchev–Trinajstić information content (AvgIpc) is 3.37. The van der Waals surface area contributed by atoms with Crippen molar-refractivity contribution in [1.82, 2.24) is 4.90 Å². The zero-order chi connectivity index (χ0) is 32.4. The maximum Gasteiger partial charge on any atom is 0.260 e. The fraction of sp³-hybridized carbons (Fsp3) is 0.316. The van der Waals surface area contributed by atoms with Crippen LogP contribution in [0.5, 0.6) is 0 Å². The summed E-state index contributed by atoms with van der Waals surface area (Å²) >= 11 is 0. The molecule has 4 aromatic carbocycles. The number of aliphatic hydroxyl groups excluding tert-OH is 1. The Labute approximate surface area is 274 Å². The summed E-state index contributed by atoms with van der Waals surface area (Å²) < 4.78 is 32.6. The molecule has 0 spiro atoms. The van der Waals surface area contributed by atoms with E-state index in [4.69, 9.17) is 23.7 Å². The van der Waals surface area contributed by atoms with E-state index in [0.717, 1.165) is 27.2 Å². The Bertz CT molecular complexity index is 1560. The van der Waals surface area contributed by atoms with E-state index < -0.39 is 48.6 Å². The lowest BCUT2D eigenvalue weighted by molar-refractivity contribution is -0.293. The quantitative estimate of drug-likeness (QED) is 0.197. The zero-order valence-corrected chi connectivity index (χ0v) is 26.0. The highest BCUT2D eigenvalue weighted by Crippen LogP contribution is 2.34. The maximum absolute atomic E-state index is 13.2. The lowest BCUT2D eigenvalue weighted by Gasteiger charge is -2.48. The number of carbonyl (C=O) groups excluding carboxylic acids is 2. The average molecular weight is 638 g/mol. The molecule has 2 amide bonds. The van der Waals surface area contributed by atoms with E-state index in [1.165, 1.54) is 0 Å². The number of likely N-dealkylation sites (tertiary alicyclic amines) is 1. The van der Waals surface area contributed by atoms with Crippen molar-refractivity contribution in [3.8, 4) is 0 Å². The molecule has 9 nitrogen and oxygen atoms in total. The molecular weight excluding hydrogens is 598 g/mol. The fourth-order valence-corrected chi connectivity index (χ4v) is 5.87. The molecule has 2 fully saturated rings. The minimum atomic E-state index is -1.45. The van der Waals surface area contributed by atoms with Gasteiger partial charge in [-0.25, -0.2) is 0 Å². The van der Waals surface area contributed by atoms with E-state index in [2.05, 4.69) is 0 Å². The molecule has 2 aliphatic rings. The third kappa shape index (κ3) is 8.39. The second-order valence-corrected chi connectivity index (χ2v) is 11.7. The van der Waals surface area contributed by atoms with Gasteiger partial charge in [0.1, 0.15) is 30.5 Å². The van der Waals surface area contributed by atoms with Crippen molar-refractivity contribution in [2.24, 2.45) is 0 Å². The van der Waals surface area contributed by atoms with Gasteiger partial charge in [0.15, 0.2) is 6.23 Å². The molecule has 244 valence electrons. The number of hydrogen-bond acceptors (Lipinski definition) is 8. The minimum Gasteiger partial charge on any atom is -0.383 e. The summed E-state index contributed by atoms with van der Waals surface area (Å²) in [5, 5.41) is 10.4. The van der Waals surface area contributed by atoms with Gasteiger partial charge in [0.05, 0.1) is 39.5 Å². The maximum atomic E-state index is 13.2. The Hall–Kier alpha value is -4.22. The van der Waals surface area contributed by atoms with Crippen molar-refractivity contribution in [3.63, 3.8) is 0 Å². The third-order valence-electron chi connectivity index (χ3n) is 8.27. The normalized spacial score (nSPS) is 24.5. The predicted molar refractivity (Wildman–Crippen MR) is 172 cm³/mol. The van der Waals surface area contributed by atoms with E-state index in [1.807, 2.05) is 121 Å². The van der Waals surface area contributed by atoms with Crippen LogP contribution in [-0.4, -0.2) is 65.2 Å². The lowest BCUT2D eigenvalue weighted by atomic mass is 9.96. The summed E-state index contributed by atoms with van der Waals surface area (Å²) in [6.07, 6.45) is -6.22. The SMILES string of the molecule is O=C1C[C@H](O)C(=O)N1C1O[C@H](COCc2ccccc2)[C@@H](OCc2ccccc2)[C@H](OCc2ccccc2)[C@H]1OCc1ccccc1. The largest absolute Gasteiger partial charge is 0.383 e. The van der Waals surface area contributed by atoms with Crippen LogP contribution >= 0.6 is 0 Å². The molecule has 2 heterocycles. The summed E-state index contributed by atoms with van der Waals surface area (Å²) in [6.45, 7) is 1.04. The summed E-state index contributed by atoms with van der Waals surface area (Å²) in [7, 11) is 0. The van der Waals surface area contributed by atoms with Gasteiger partial charge in [0.25, 0.3) is 5.91 Å².